The molecule has 0 spiro atoms. The monoisotopic (exact) mass is 385 g/mol. The first-order valence-corrected chi connectivity index (χ1v) is 7.09. The minimum Gasteiger partial charge on any atom is -0.465 e. The fraction of sp³-hybridized carbons (Fsp3) is 0.0714. The molecule has 0 heterocycles. The maximum absolute atomic E-state index is 11.7. The quantitative estimate of drug-likeness (QED) is 0.436. The molecule has 0 N–H and O–H groups in total. The average Bonchev–Trinajstić information content (AvgIpc) is 2.50. The molecule has 2 aromatic rings. The van der Waals surface area contributed by atoms with Crippen LogP contribution in [0.1, 0.15) is 10.4 Å². The van der Waals surface area contributed by atoms with E-state index in [-0.39, 0.29) is 17.0 Å². The smallest absolute Gasteiger partial charge is 0.345 e. The van der Waals surface area contributed by atoms with Gasteiger partial charge in [0, 0.05) is 12.1 Å². The molecule has 0 fully saturated rings. The summed E-state index contributed by atoms with van der Waals surface area (Å²) >= 11 is 9.18. The van der Waals surface area contributed by atoms with E-state index >= 15 is 0 Å². The zero-order valence-electron chi connectivity index (χ0n) is 11.2. The van der Waals surface area contributed by atoms with E-state index in [9.17, 15) is 14.9 Å². The van der Waals surface area contributed by atoms with Crippen LogP contribution >= 0.6 is 27.5 Å². The fourth-order valence-corrected chi connectivity index (χ4v) is 2.28. The summed E-state index contributed by atoms with van der Waals surface area (Å²) < 4.78 is 10.5. The predicted octanol–water partition coefficient (Wildman–Crippen LogP) is 4.59. The van der Waals surface area contributed by atoms with E-state index in [0.29, 0.717) is 15.2 Å². The minimum absolute atomic E-state index is 0.208. The standard InChI is InChI=1S/C14H9BrClNO5/c1-21-14(18)8-6-13(9(15)7-11(8)17(19)20)22-12-5-3-2-4-10(12)16/h2-7H,1H3. The Balaban J connectivity index is 2.51. The van der Waals surface area contributed by atoms with E-state index in [1.807, 2.05) is 0 Å². The zero-order valence-corrected chi connectivity index (χ0v) is 13.6. The number of benzene rings is 2. The molecule has 6 nitrogen and oxygen atoms in total. The van der Waals surface area contributed by atoms with Crippen molar-refractivity contribution >= 4 is 39.2 Å². The number of methoxy groups -OCH3 is 1. The lowest BCUT2D eigenvalue weighted by atomic mass is 10.1. The van der Waals surface area contributed by atoms with Crippen LogP contribution in [-0.2, 0) is 4.74 Å². The van der Waals surface area contributed by atoms with Gasteiger partial charge in [0.2, 0.25) is 0 Å². The Bertz CT molecular complexity index is 750. The van der Waals surface area contributed by atoms with E-state index in [1.165, 1.54) is 12.1 Å². The number of hydrogen-bond donors (Lipinski definition) is 0. The van der Waals surface area contributed by atoms with E-state index < -0.39 is 10.9 Å². The Hall–Kier alpha value is -2.12. The molecule has 2 aromatic carbocycles. The van der Waals surface area contributed by atoms with Crippen molar-refractivity contribution in [2.45, 2.75) is 0 Å². The van der Waals surface area contributed by atoms with Crippen molar-refractivity contribution in [2.24, 2.45) is 0 Å². The average molecular weight is 387 g/mol. The lowest BCUT2D eigenvalue weighted by Gasteiger charge is -2.11. The van der Waals surface area contributed by atoms with Crippen molar-refractivity contribution in [3.05, 3.63) is 61.6 Å². The van der Waals surface area contributed by atoms with Gasteiger partial charge in [-0.05, 0) is 28.1 Å². The maximum atomic E-state index is 11.7. The Morgan fingerprint density at radius 2 is 1.95 bits per heavy atom. The van der Waals surface area contributed by atoms with E-state index in [2.05, 4.69) is 20.7 Å². The lowest BCUT2D eigenvalue weighted by molar-refractivity contribution is -0.385. The number of nitro benzene ring substituents is 1. The molecule has 0 radical (unpaired) electrons. The highest BCUT2D eigenvalue weighted by Gasteiger charge is 2.24. The largest absolute Gasteiger partial charge is 0.465 e. The van der Waals surface area contributed by atoms with Crippen LogP contribution in [0, 0.1) is 10.1 Å². The van der Waals surface area contributed by atoms with Gasteiger partial charge in [-0.2, -0.15) is 0 Å². The number of rotatable bonds is 4. The summed E-state index contributed by atoms with van der Waals surface area (Å²) in [7, 11) is 1.14. The molecule has 8 heteroatoms. The first-order valence-electron chi connectivity index (χ1n) is 5.92. The van der Waals surface area contributed by atoms with Crippen LogP contribution in [-0.4, -0.2) is 18.0 Å². The Morgan fingerprint density at radius 1 is 1.27 bits per heavy atom. The summed E-state index contributed by atoms with van der Waals surface area (Å²) in [6, 6.07) is 9.14. The molecular weight excluding hydrogens is 378 g/mol. The van der Waals surface area contributed by atoms with Gasteiger partial charge in [-0.3, -0.25) is 10.1 Å². The van der Waals surface area contributed by atoms with Gasteiger partial charge in [-0.1, -0.05) is 23.7 Å². The Labute approximate surface area is 138 Å². The van der Waals surface area contributed by atoms with Crippen LogP contribution in [0.3, 0.4) is 0 Å². The second kappa shape index (κ2) is 6.76. The summed E-state index contributed by atoms with van der Waals surface area (Å²) in [5.74, 6) is -0.267. The third-order valence-electron chi connectivity index (χ3n) is 2.71. The SMILES string of the molecule is COC(=O)c1cc(Oc2ccccc2Cl)c(Br)cc1[N+](=O)[O-]. The van der Waals surface area contributed by atoms with Crippen molar-refractivity contribution in [1.29, 1.82) is 0 Å². The van der Waals surface area contributed by atoms with Crippen LogP contribution in [0.5, 0.6) is 11.5 Å². The van der Waals surface area contributed by atoms with Gasteiger partial charge in [0.1, 0.15) is 17.1 Å². The second-order valence-corrected chi connectivity index (χ2v) is 5.34. The predicted molar refractivity (Wildman–Crippen MR) is 83.7 cm³/mol. The summed E-state index contributed by atoms with van der Waals surface area (Å²) in [5.41, 5.74) is -0.594. The molecule has 114 valence electrons. The number of para-hydroxylation sites is 1. The van der Waals surface area contributed by atoms with Gasteiger partial charge in [0.15, 0.2) is 0 Å². The molecule has 0 aromatic heterocycles. The molecule has 0 aliphatic rings. The first-order chi connectivity index (χ1) is 10.4. The van der Waals surface area contributed by atoms with Crippen molar-refractivity contribution in [3.63, 3.8) is 0 Å². The second-order valence-electron chi connectivity index (χ2n) is 4.08. The topological polar surface area (TPSA) is 78.7 Å². The molecule has 0 amide bonds. The molecule has 0 aliphatic heterocycles. The van der Waals surface area contributed by atoms with E-state index in [1.54, 1.807) is 24.3 Å². The van der Waals surface area contributed by atoms with Crippen LogP contribution < -0.4 is 4.74 Å². The summed E-state index contributed by atoms with van der Waals surface area (Å²) in [4.78, 5) is 22.1. The highest BCUT2D eigenvalue weighted by molar-refractivity contribution is 9.10. The molecule has 0 atom stereocenters. The van der Waals surface area contributed by atoms with Gasteiger partial charge < -0.3 is 9.47 Å². The maximum Gasteiger partial charge on any atom is 0.345 e. The third-order valence-corrected chi connectivity index (χ3v) is 3.64. The number of hydrogen-bond acceptors (Lipinski definition) is 5. The van der Waals surface area contributed by atoms with Crippen LogP contribution in [0.4, 0.5) is 5.69 Å². The summed E-state index contributed by atoms with van der Waals surface area (Å²) in [6.45, 7) is 0. The minimum atomic E-state index is -0.830. The molecule has 0 unspecified atom stereocenters. The van der Waals surface area contributed by atoms with Crippen molar-refractivity contribution in [1.82, 2.24) is 0 Å². The van der Waals surface area contributed by atoms with Crippen molar-refractivity contribution in [2.75, 3.05) is 7.11 Å². The molecule has 0 saturated carbocycles. The van der Waals surface area contributed by atoms with Gasteiger partial charge in [0.25, 0.3) is 5.69 Å². The highest BCUT2D eigenvalue weighted by atomic mass is 79.9. The van der Waals surface area contributed by atoms with Crippen LogP contribution in [0.2, 0.25) is 5.02 Å². The Kier molecular flexibility index (Phi) is 4.99. The van der Waals surface area contributed by atoms with Gasteiger partial charge in [-0.25, -0.2) is 4.79 Å². The van der Waals surface area contributed by atoms with Gasteiger partial charge >= 0.3 is 5.97 Å². The number of halogens is 2. The lowest BCUT2D eigenvalue weighted by Crippen LogP contribution is -2.06. The number of esters is 1. The van der Waals surface area contributed by atoms with Crippen LogP contribution in [0.15, 0.2) is 40.9 Å². The first kappa shape index (κ1) is 16.3. The number of ether oxygens (including phenoxy) is 2. The molecule has 2 rings (SSSR count). The molecule has 0 aliphatic carbocycles. The van der Waals surface area contributed by atoms with Gasteiger partial charge in [0.05, 0.1) is 21.5 Å². The molecular formula is C14H9BrClNO5. The number of nitrogens with zero attached hydrogens (tertiary/aromatic N) is 1. The van der Waals surface area contributed by atoms with E-state index in [0.717, 1.165) is 7.11 Å². The summed E-state index contributed by atoms with van der Waals surface area (Å²) in [6.07, 6.45) is 0. The summed E-state index contributed by atoms with van der Waals surface area (Å²) in [5, 5.41) is 11.4. The van der Waals surface area contributed by atoms with Crippen molar-refractivity contribution < 1.29 is 19.2 Å². The van der Waals surface area contributed by atoms with E-state index in [4.69, 9.17) is 16.3 Å². The van der Waals surface area contributed by atoms with Crippen LogP contribution in [0.25, 0.3) is 0 Å². The number of nitro groups is 1. The molecule has 0 saturated heterocycles. The third kappa shape index (κ3) is 3.37. The number of carbonyl (C=O) groups is 1. The highest BCUT2D eigenvalue weighted by Crippen LogP contribution is 2.37. The normalized spacial score (nSPS) is 10.1. The van der Waals surface area contributed by atoms with Gasteiger partial charge in [-0.15, -0.1) is 0 Å². The number of carbonyl (C=O) groups excluding carboxylic acids is 1. The molecule has 22 heavy (non-hydrogen) atoms. The Morgan fingerprint density at radius 3 is 2.55 bits per heavy atom. The van der Waals surface area contributed by atoms with Crippen molar-refractivity contribution in [3.8, 4) is 11.5 Å². The fourth-order valence-electron chi connectivity index (χ4n) is 1.69. The molecule has 0 bridgehead atoms. The zero-order chi connectivity index (χ0) is 16.3.